The van der Waals surface area contributed by atoms with Crippen molar-refractivity contribution >= 4 is 39.6 Å². The van der Waals surface area contributed by atoms with Crippen molar-refractivity contribution in [3.8, 4) is 0 Å². The number of hydrogen-bond donors (Lipinski definition) is 2. The molecule has 0 saturated carbocycles. The number of esters is 1. The van der Waals surface area contributed by atoms with E-state index in [0.717, 1.165) is 24.8 Å². The van der Waals surface area contributed by atoms with E-state index in [-0.39, 0.29) is 42.2 Å². The Kier molecular flexibility index (Phi) is 12.8. The molecule has 1 aromatic rings. The molecule has 0 aromatic heterocycles. The maximum atomic E-state index is 14.6. The number of ether oxygens (including phenoxy) is 2. The van der Waals surface area contributed by atoms with Crippen LogP contribution in [-0.2, 0) is 28.7 Å². The van der Waals surface area contributed by atoms with Gasteiger partial charge in [0.05, 0.1) is 36.6 Å². The third kappa shape index (κ3) is 7.52. The van der Waals surface area contributed by atoms with Crippen LogP contribution in [0.5, 0.6) is 0 Å². The van der Waals surface area contributed by atoms with Crippen LogP contribution in [0.15, 0.2) is 55.6 Å². The number of aliphatic hydroxyl groups is 1. The summed E-state index contributed by atoms with van der Waals surface area (Å²) < 4.78 is 12.2. The summed E-state index contributed by atoms with van der Waals surface area (Å²) in [6.45, 7) is 13.8. The first-order valence-corrected chi connectivity index (χ1v) is 17.7. The van der Waals surface area contributed by atoms with Crippen LogP contribution in [-0.4, -0.2) is 93.5 Å². The van der Waals surface area contributed by atoms with E-state index in [1.807, 2.05) is 44.2 Å². The summed E-state index contributed by atoms with van der Waals surface area (Å²) in [7, 11) is 0. The van der Waals surface area contributed by atoms with E-state index in [4.69, 9.17) is 9.47 Å². The number of amides is 3. The van der Waals surface area contributed by atoms with Gasteiger partial charge in [-0.05, 0) is 30.7 Å². The molecular formula is C36H50BrN3O7. The molecule has 1 aromatic carbocycles. The Morgan fingerprint density at radius 3 is 2.55 bits per heavy atom. The van der Waals surface area contributed by atoms with Crippen molar-refractivity contribution in [2.45, 2.75) is 94.0 Å². The Balaban J connectivity index is 1.70. The molecule has 3 fully saturated rings. The Morgan fingerprint density at radius 2 is 1.94 bits per heavy atom. The van der Waals surface area contributed by atoms with Crippen molar-refractivity contribution in [3.05, 3.63) is 61.2 Å². The summed E-state index contributed by atoms with van der Waals surface area (Å²) in [5, 5.41) is 13.6. The van der Waals surface area contributed by atoms with Crippen molar-refractivity contribution in [3.63, 3.8) is 0 Å². The molecule has 2 bridgehead atoms. The Bertz CT molecular complexity index is 1290. The zero-order valence-electron chi connectivity index (χ0n) is 27.8. The van der Waals surface area contributed by atoms with Gasteiger partial charge in [0.25, 0.3) is 0 Å². The summed E-state index contributed by atoms with van der Waals surface area (Å²) >= 11 is 3.74. The molecule has 0 aliphatic carbocycles. The van der Waals surface area contributed by atoms with Crippen LogP contribution in [0.2, 0.25) is 0 Å². The van der Waals surface area contributed by atoms with Crippen LogP contribution in [0.4, 0.5) is 0 Å². The highest BCUT2D eigenvalue weighted by Crippen LogP contribution is 2.60. The molecule has 1 spiro atoms. The zero-order valence-corrected chi connectivity index (χ0v) is 29.4. The molecule has 3 aliphatic rings. The zero-order chi connectivity index (χ0) is 34.3. The highest BCUT2D eigenvalue weighted by molar-refractivity contribution is 9.09. The van der Waals surface area contributed by atoms with Gasteiger partial charge in [-0.15, -0.1) is 13.2 Å². The molecule has 3 heterocycles. The molecule has 10 nitrogen and oxygen atoms in total. The molecule has 0 radical (unpaired) electrons. The SMILES string of the molecule is C=CCCC(=O)OC[C@@H](NC(=O)[C@@H]1[C@H]2O[C@@]3(CC2Br)[C@H](C(=O)N(CC=C)CCCCC)N([C@@H](CO)C(C)C)C(=O)[C@@H]13)c1ccccc1. The molecule has 3 amide bonds. The average Bonchev–Trinajstić information content (AvgIpc) is 3.65. The summed E-state index contributed by atoms with van der Waals surface area (Å²) in [6.07, 6.45) is 6.41. The van der Waals surface area contributed by atoms with Gasteiger partial charge in [-0.25, -0.2) is 0 Å². The van der Waals surface area contributed by atoms with E-state index in [0.29, 0.717) is 25.9 Å². The molecule has 3 saturated heterocycles. The Labute approximate surface area is 287 Å². The van der Waals surface area contributed by atoms with Crippen LogP contribution in [0.3, 0.4) is 0 Å². The lowest BCUT2D eigenvalue weighted by molar-refractivity contribution is -0.152. The standard InChI is InChI=1S/C36H50BrN3O7/c1-6-9-14-19-39(18-8-3)35(45)32-36-20-25(37)31(47-36)29(30(36)34(44)40(32)27(21-41)23(4)5)33(43)38-26(24-15-12-11-13-16-24)22-46-28(42)17-10-7-2/h7-8,11-13,15-16,23,25-27,29-32,41H,2-3,6,9-10,14,17-22H2,1,4-5H3,(H,38,43)/t25?,26-,27+,29+,30-,31+,32+,36-/m1/s1. The second kappa shape index (κ2) is 16.4. The van der Waals surface area contributed by atoms with Crippen molar-refractivity contribution in [1.29, 1.82) is 0 Å². The highest BCUT2D eigenvalue weighted by Gasteiger charge is 2.77. The average molecular weight is 717 g/mol. The maximum Gasteiger partial charge on any atom is 0.306 e. The van der Waals surface area contributed by atoms with Gasteiger partial charge in [0, 0.05) is 24.3 Å². The van der Waals surface area contributed by atoms with Crippen LogP contribution < -0.4 is 5.32 Å². The minimum atomic E-state index is -1.26. The van der Waals surface area contributed by atoms with E-state index in [2.05, 4.69) is 41.3 Å². The molecule has 4 rings (SSSR count). The molecule has 1 unspecified atom stereocenters. The molecule has 2 N–H and O–H groups in total. The van der Waals surface area contributed by atoms with Crippen molar-refractivity contribution in [2.75, 3.05) is 26.3 Å². The third-order valence-corrected chi connectivity index (χ3v) is 10.6. The van der Waals surface area contributed by atoms with E-state index in [1.54, 1.807) is 17.1 Å². The number of allylic oxidation sites excluding steroid dienone is 1. The lowest BCUT2D eigenvalue weighted by atomic mass is 9.70. The molecule has 8 atom stereocenters. The number of unbranched alkanes of at least 4 members (excludes halogenated alkanes) is 2. The minimum absolute atomic E-state index is 0.0904. The summed E-state index contributed by atoms with van der Waals surface area (Å²) in [6, 6.07) is 6.87. The molecule has 3 aliphatic heterocycles. The fraction of sp³-hybridized carbons (Fsp3) is 0.611. The molecular weight excluding hydrogens is 666 g/mol. The number of halogens is 1. The van der Waals surface area contributed by atoms with Gasteiger partial charge in [0.1, 0.15) is 18.2 Å². The predicted octanol–water partition coefficient (Wildman–Crippen LogP) is 4.32. The number of benzene rings is 1. The van der Waals surface area contributed by atoms with Crippen molar-refractivity contribution in [2.24, 2.45) is 17.8 Å². The summed E-state index contributed by atoms with van der Waals surface area (Å²) in [5.74, 6) is -3.45. The van der Waals surface area contributed by atoms with Crippen molar-refractivity contribution < 1.29 is 33.8 Å². The smallest absolute Gasteiger partial charge is 0.306 e. The molecule has 258 valence electrons. The molecule has 11 heteroatoms. The summed E-state index contributed by atoms with van der Waals surface area (Å²) in [4.78, 5) is 58.8. The highest BCUT2D eigenvalue weighted by atomic mass is 79.9. The lowest BCUT2D eigenvalue weighted by Crippen LogP contribution is -2.60. The number of likely N-dealkylation sites (tertiary alicyclic amines) is 1. The number of nitrogens with zero attached hydrogens (tertiary/aromatic N) is 2. The number of alkyl halides is 1. The topological polar surface area (TPSA) is 125 Å². The Morgan fingerprint density at radius 1 is 1.21 bits per heavy atom. The van der Waals surface area contributed by atoms with Crippen LogP contribution in [0.1, 0.15) is 70.9 Å². The predicted molar refractivity (Wildman–Crippen MR) is 182 cm³/mol. The van der Waals surface area contributed by atoms with E-state index in [9.17, 15) is 24.3 Å². The first kappa shape index (κ1) is 36.8. The van der Waals surface area contributed by atoms with Gasteiger partial charge in [-0.2, -0.15) is 0 Å². The van der Waals surface area contributed by atoms with Gasteiger partial charge in [0.15, 0.2) is 0 Å². The quantitative estimate of drug-likeness (QED) is 0.100. The van der Waals surface area contributed by atoms with Gasteiger partial charge in [0.2, 0.25) is 17.7 Å². The van der Waals surface area contributed by atoms with Gasteiger partial charge in [-0.1, -0.05) is 92.0 Å². The molecule has 47 heavy (non-hydrogen) atoms. The number of fused-ring (bicyclic) bond motifs is 1. The number of aliphatic hydroxyl groups excluding tert-OH is 1. The summed E-state index contributed by atoms with van der Waals surface area (Å²) in [5.41, 5.74) is -0.521. The Hall–Kier alpha value is -3.02. The minimum Gasteiger partial charge on any atom is -0.463 e. The van der Waals surface area contributed by atoms with E-state index in [1.165, 1.54) is 4.90 Å². The number of carbonyl (C=O) groups excluding carboxylic acids is 4. The first-order valence-electron chi connectivity index (χ1n) is 16.8. The number of hydrogen-bond acceptors (Lipinski definition) is 7. The first-order chi connectivity index (χ1) is 22.6. The largest absolute Gasteiger partial charge is 0.463 e. The second-order valence-corrected chi connectivity index (χ2v) is 14.3. The third-order valence-electron chi connectivity index (χ3n) is 9.75. The maximum absolute atomic E-state index is 14.6. The van der Waals surface area contributed by atoms with E-state index >= 15 is 0 Å². The number of carbonyl (C=O) groups is 4. The van der Waals surface area contributed by atoms with Gasteiger partial charge < -0.3 is 29.7 Å². The van der Waals surface area contributed by atoms with Crippen LogP contribution >= 0.6 is 15.9 Å². The van der Waals surface area contributed by atoms with Gasteiger partial charge >= 0.3 is 5.97 Å². The monoisotopic (exact) mass is 715 g/mol. The van der Waals surface area contributed by atoms with Gasteiger partial charge in [-0.3, -0.25) is 19.2 Å². The fourth-order valence-corrected chi connectivity index (χ4v) is 8.38. The second-order valence-electron chi connectivity index (χ2n) is 13.2. The normalized spacial score (nSPS) is 27.3. The fourth-order valence-electron chi connectivity index (χ4n) is 7.44. The number of nitrogens with one attached hydrogen (secondary N) is 1. The van der Waals surface area contributed by atoms with E-state index < -0.39 is 53.5 Å². The van der Waals surface area contributed by atoms with Crippen LogP contribution in [0.25, 0.3) is 0 Å². The van der Waals surface area contributed by atoms with Crippen molar-refractivity contribution in [1.82, 2.24) is 15.1 Å². The van der Waals surface area contributed by atoms with Crippen LogP contribution in [0, 0.1) is 17.8 Å². The number of rotatable bonds is 18. The lowest BCUT2D eigenvalue weighted by Gasteiger charge is -2.40.